The Hall–Kier alpha value is -2.83. The lowest BCUT2D eigenvalue weighted by molar-refractivity contribution is -0.116. The Morgan fingerprint density at radius 3 is 2.62 bits per heavy atom. The van der Waals surface area contributed by atoms with E-state index in [1.54, 1.807) is 24.3 Å². The summed E-state index contributed by atoms with van der Waals surface area (Å²) in [7, 11) is 0. The molecule has 0 aliphatic carbocycles. The molecule has 0 spiro atoms. The highest BCUT2D eigenvalue weighted by Gasteiger charge is 2.33. The molecule has 3 amide bonds. The van der Waals surface area contributed by atoms with Crippen molar-refractivity contribution in [3.05, 3.63) is 93.4 Å². The van der Waals surface area contributed by atoms with Crippen molar-refractivity contribution in [1.29, 1.82) is 0 Å². The minimum Gasteiger partial charge on any atom is -0.324 e. The van der Waals surface area contributed by atoms with Crippen LogP contribution in [-0.4, -0.2) is 23.4 Å². The summed E-state index contributed by atoms with van der Waals surface area (Å²) < 4.78 is 0.864. The molecule has 0 unspecified atom stereocenters. The van der Waals surface area contributed by atoms with Gasteiger partial charge in [0.2, 0.25) is 5.91 Å². The second-order valence-corrected chi connectivity index (χ2v) is 8.01. The van der Waals surface area contributed by atoms with Gasteiger partial charge in [-0.2, -0.15) is 0 Å². The number of urea groups is 1. The van der Waals surface area contributed by atoms with Crippen LogP contribution in [0.1, 0.15) is 17.2 Å². The largest absolute Gasteiger partial charge is 0.324 e. The molecule has 0 fully saturated rings. The Kier molecular flexibility index (Phi) is 5.56. The van der Waals surface area contributed by atoms with Gasteiger partial charge >= 0.3 is 6.03 Å². The first kappa shape index (κ1) is 19.5. The number of anilines is 2. The Labute approximate surface area is 181 Å². The first-order valence-corrected chi connectivity index (χ1v) is 10.2. The third kappa shape index (κ3) is 4.28. The van der Waals surface area contributed by atoms with E-state index < -0.39 is 6.04 Å². The zero-order chi connectivity index (χ0) is 20.4. The second-order valence-electron chi connectivity index (χ2n) is 6.66. The normalized spacial score (nSPS) is 15.9. The van der Waals surface area contributed by atoms with Crippen LogP contribution in [0.5, 0.6) is 0 Å². The van der Waals surface area contributed by atoms with E-state index >= 15 is 0 Å². The van der Waals surface area contributed by atoms with Crippen LogP contribution < -0.4 is 10.6 Å². The summed E-state index contributed by atoms with van der Waals surface area (Å²) in [5.41, 5.74) is 2.99. The van der Waals surface area contributed by atoms with Crippen molar-refractivity contribution in [2.45, 2.75) is 6.04 Å². The van der Waals surface area contributed by atoms with Gasteiger partial charge in [-0.1, -0.05) is 63.9 Å². The highest BCUT2D eigenvalue weighted by molar-refractivity contribution is 9.10. The number of nitrogens with zero attached hydrogens (tertiary/aromatic N) is 1. The third-order valence-corrected chi connectivity index (χ3v) is 5.39. The number of carbonyl (C=O) groups is 2. The van der Waals surface area contributed by atoms with Gasteiger partial charge in [0.25, 0.3) is 0 Å². The first-order chi connectivity index (χ1) is 14.0. The van der Waals surface area contributed by atoms with Crippen molar-refractivity contribution in [3.8, 4) is 0 Å². The molecule has 3 aromatic rings. The maximum atomic E-state index is 13.2. The summed E-state index contributed by atoms with van der Waals surface area (Å²) in [6.07, 6.45) is 0. The molecule has 1 heterocycles. The van der Waals surface area contributed by atoms with Gasteiger partial charge in [0.15, 0.2) is 0 Å². The second kappa shape index (κ2) is 8.27. The van der Waals surface area contributed by atoms with E-state index in [1.165, 1.54) is 4.90 Å². The van der Waals surface area contributed by atoms with Crippen LogP contribution in [0.3, 0.4) is 0 Å². The molecule has 0 aromatic heterocycles. The maximum Gasteiger partial charge on any atom is 0.323 e. The molecule has 2 N–H and O–H groups in total. The lowest BCUT2D eigenvalue weighted by Gasteiger charge is -2.30. The van der Waals surface area contributed by atoms with E-state index in [-0.39, 0.29) is 18.5 Å². The van der Waals surface area contributed by atoms with Crippen molar-refractivity contribution in [2.75, 3.05) is 17.2 Å². The fraction of sp³-hybridized carbons (Fsp3) is 0.0909. The molecule has 29 heavy (non-hydrogen) atoms. The van der Waals surface area contributed by atoms with Crippen LogP contribution >= 0.6 is 27.5 Å². The van der Waals surface area contributed by atoms with E-state index in [0.717, 1.165) is 15.6 Å². The van der Waals surface area contributed by atoms with Crippen LogP contribution in [0, 0.1) is 0 Å². The number of fused-ring (bicyclic) bond motifs is 1. The van der Waals surface area contributed by atoms with E-state index in [1.807, 2.05) is 48.5 Å². The van der Waals surface area contributed by atoms with Gasteiger partial charge in [-0.3, -0.25) is 4.79 Å². The van der Waals surface area contributed by atoms with Gasteiger partial charge in [0.1, 0.15) is 6.54 Å². The Morgan fingerprint density at radius 1 is 1.07 bits per heavy atom. The summed E-state index contributed by atoms with van der Waals surface area (Å²) in [6.45, 7) is -0.0851. The SMILES string of the molecule is O=C1CN(C(=O)Nc2cccc(Cl)c2)[C@@H](c2ccccc2)c2cc(Br)ccc2N1. The number of amides is 3. The molecule has 1 atom stereocenters. The van der Waals surface area contributed by atoms with Crippen LogP contribution in [0.4, 0.5) is 16.2 Å². The number of carbonyl (C=O) groups excluding carboxylic acids is 2. The quantitative estimate of drug-likeness (QED) is 0.506. The Morgan fingerprint density at radius 2 is 1.86 bits per heavy atom. The zero-order valence-electron chi connectivity index (χ0n) is 15.2. The number of benzene rings is 3. The minimum absolute atomic E-state index is 0.0851. The fourth-order valence-electron chi connectivity index (χ4n) is 3.42. The molecule has 0 saturated carbocycles. The molecule has 3 aromatic carbocycles. The van der Waals surface area contributed by atoms with Crippen LogP contribution in [0.15, 0.2) is 77.3 Å². The molecule has 5 nitrogen and oxygen atoms in total. The number of hydrogen-bond donors (Lipinski definition) is 2. The fourth-order valence-corrected chi connectivity index (χ4v) is 3.99. The molecule has 0 saturated heterocycles. The maximum absolute atomic E-state index is 13.2. The van der Waals surface area contributed by atoms with E-state index in [0.29, 0.717) is 16.4 Å². The van der Waals surface area contributed by atoms with Crippen LogP contribution in [0.25, 0.3) is 0 Å². The van der Waals surface area contributed by atoms with E-state index in [2.05, 4.69) is 26.6 Å². The van der Waals surface area contributed by atoms with Crippen molar-refractivity contribution in [1.82, 2.24) is 4.90 Å². The molecule has 7 heteroatoms. The highest BCUT2D eigenvalue weighted by Crippen LogP contribution is 2.37. The predicted octanol–water partition coefficient (Wildman–Crippen LogP) is 5.68. The highest BCUT2D eigenvalue weighted by atomic mass is 79.9. The predicted molar refractivity (Wildman–Crippen MR) is 118 cm³/mol. The summed E-state index contributed by atoms with van der Waals surface area (Å²) in [6, 6.07) is 21.4. The van der Waals surface area contributed by atoms with Crippen molar-refractivity contribution < 1.29 is 9.59 Å². The van der Waals surface area contributed by atoms with E-state index in [9.17, 15) is 9.59 Å². The van der Waals surface area contributed by atoms with Crippen molar-refractivity contribution in [3.63, 3.8) is 0 Å². The molecule has 0 radical (unpaired) electrons. The smallest absolute Gasteiger partial charge is 0.323 e. The van der Waals surface area contributed by atoms with Crippen molar-refractivity contribution in [2.24, 2.45) is 0 Å². The molecular weight excluding hydrogens is 454 g/mol. The van der Waals surface area contributed by atoms with Gasteiger partial charge in [-0.25, -0.2) is 4.79 Å². The summed E-state index contributed by atoms with van der Waals surface area (Å²) in [5, 5.41) is 6.28. The Balaban J connectivity index is 1.79. The number of rotatable bonds is 2. The van der Waals surface area contributed by atoms with Crippen LogP contribution in [-0.2, 0) is 4.79 Å². The summed E-state index contributed by atoms with van der Waals surface area (Å²) in [5.74, 6) is -0.256. The average molecular weight is 471 g/mol. The average Bonchev–Trinajstić information content (AvgIpc) is 2.84. The topological polar surface area (TPSA) is 61.4 Å². The van der Waals surface area contributed by atoms with Gasteiger partial charge in [-0.15, -0.1) is 0 Å². The van der Waals surface area contributed by atoms with Crippen LogP contribution in [0.2, 0.25) is 5.02 Å². The van der Waals surface area contributed by atoms with Crippen molar-refractivity contribution >= 4 is 50.8 Å². The standard InChI is InChI=1S/C22H17BrClN3O2/c23-15-9-10-19-18(11-15)21(14-5-2-1-3-6-14)27(13-20(28)26-19)22(29)25-17-8-4-7-16(24)12-17/h1-12,21H,13H2,(H,25,29)(H,26,28)/t21-/m0/s1. The van der Waals surface area contributed by atoms with Gasteiger partial charge in [0.05, 0.1) is 6.04 Å². The molecule has 4 rings (SSSR count). The molecule has 0 bridgehead atoms. The third-order valence-electron chi connectivity index (χ3n) is 4.66. The molecule has 146 valence electrons. The lowest BCUT2D eigenvalue weighted by Crippen LogP contribution is -2.41. The monoisotopic (exact) mass is 469 g/mol. The number of nitrogens with one attached hydrogen (secondary N) is 2. The molecule has 1 aliphatic heterocycles. The Bertz CT molecular complexity index is 1070. The lowest BCUT2D eigenvalue weighted by atomic mass is 9.96. The van der Waals surface area contributed by atoms with E-state index in [4.69, 9.17) is 11.6 Å². The molecular formula is C22H17BrClN3O2. The zero-order valence-corrected chi connectivity index (χ0v) is 17.6. The minimum atomic E-state index is -0.443. The van der Waals surface area contributed by atoms with Gasteiger partial charge in [-0.05, 0) is 42.0 Å². The summed E-state index contributed by atoms with van der Waals surface area (Å²) >= 11 is 9.54. The van der Waals surface area contributed by atoms with Gasteiger partial charge < -0.3 is 15.5 Å². The molecule has 1 aliphatic rings. The van der Waals surface area contributed by atoms with Gasteiger partial charge in [0, 0.05) is 26.4 Å². The number of hydrogen-bond acceptors (Lipinski definition) is 2. The first-order valence-electron chi connectivity index (χ1n) is 8.99. The summed E-state index contributed by atoms with van der Waals surface area (Å²) in [4.78, 5) is 27.3. The number of halogens is 2.